The molecule has 0 aliphatic carbocycles. The molecule has 1 aliphatic heterocycles. The number of nitrogens with one attached hydrogen (secondary N) is 2. The van der Waals surface area contributed by atoms with Gasteiger partial charge in [-0.05, 0) is 24.1 Å². The number of aromatic nitrogens is 1. The predicted molar refractivity (Wildman–Crippen MR) is 88.7 cm³/mol. The lowest BCUT2D eigenvalue weighted by Gasteiger charge is -2.28. The molecule has 1 fully saturated rings. The van der Waals surface area contributed by atoms with Crippen LogP contribution in [0.25, 0.3) is 0 Å². The topological polar surface area (TPSA) is 87.5 Å². The van der Waals surface area contributed by atoms with Crippen LogP contribution in [0.1, 0.15) is 28.7 Å². The van der Waals surface area contributed by atoms with Gasteiger partial charge in [-0.3, -0.25) is 9.59 Å². The number of carbonyl (C=O) groups excluding carboxylic acids is 2. The highest BCUT2D eigenvalue weighted by Gasteiger charge is 2.16. The minimum atomic E-state index is -0.279. The van der Waals surface area contributed by atoms with E-state index in [0.29, 0.717) is 19.6 Å². The fourth-order valence-corrected chi connectivity index (χ4v) is 2.54. The van der Waals surface area contributed by atoms with E-state index in [1.807, 2.05) is 36.1 Å². The van der Waals surface area contributed by atoms with Crippen molar-refractivity contribution < 1.29 is 14.1 Å². The van der Waals surface area contributed by atoms with E-state index >= 15 is 0 Å². The molecule has 1 saturated heterocycles. The van der Waals surface area contributed by atoms with Crippen LogP contribution >= 0.6 is 0 Å². The largest absolute Gasteiger partial charge is 0.360 e. The molecule has 0 spiro atoms. The first-order chi connectivity index (χ1) is 11.7. The summed E-state index contributed by atoms with van der Waals surface area (Å²) in [6, 6.07) is 9.47. The summed E-state index contributed by atoms with van der Waals surface area (Å²) in [6.45, 7) is 4.19. The van der Waals surface area contributed by atoms with Gasteiger partial charge in [0.1, 0.15) is 0 Å². The fourth-order valence-electron chi connectivity index (χ4n) is 2.54. The summed E-state index contributed by atoms with van der Waals surface area (Å²) in [5, 5.41) is 9.42. The van der Waals surface area contributed by atoms with Gasteiger partial charge in [-0.2, -0.15) is 0 Å². The molecular formula is C17H20N4O3. The molecule has 0 saturated carbocycles. The van der Waals surface area contributed by atoms with Gasteiger partial charge in [0.25, 0.3) is 5.91 Å². The van der Waals surface area contributed by atoms with Gasteiger partial charge in [0.15, 0.2) is 0 Å². The first-order valence-corrected chi connectivity index (χ1v) is 8.00. The Morgan fingerprint density at radius 3 is 2.83 bits per heavy atom. The first kappa shape index (κ1) is 16.0. The van der Waals surface area contributed by atoms with Crippen molar-refractivity contribution in [2.45, 2.75) is 19.9 Å². The van der Waals surface area contributed by atoms with Crippen LogP contribution in [0.2, 0.25) is 0 Å². The summed E-state index contributed by atoms with van der Waals surface area (Å²) in [4.78, 5) is 25.5. The number of rotatable bonds is 5. The fraction of sp³-hybridized carbons (Fsp3) is 0.353. The third kappa shape index (κ3) is 3.73. The zero-order chi connectivity index (χ0) is 16.9. The van der Waals surface area contributed by atoms with Crippen LogP contribution in [0.15, 0.2) is 34.9 Å². The van der Waals surface area contributed by atoms with Crippen LogP contribution in [-0.4, -0.2) is 36.6 Å². The van der Waals surface area contributed by atoms with Crippen LogP contribution in [0.4, 0.5) is 5.69 Å². The van der Waals surface area contributed by atoms with Gasteiger partial charge in [0.2, 0.25) is 11.7 Å². The molecule has 7 heteroatoms. The molecule has 0 atom stereocenters. The number of carbonyl (C=O) groups is 2. The molecule has 7 nitrogen and oxygen atoms in total. The minimum Gasteiger partial charge on any atom is -0.360 e. The summed E-state index contributed by atoms with van der Waals surface area (Å²) in [7, 11) is 0. The lowest BCUT2D eigenvalue weighted by molar-refractivity contribution is -0.120. The van der Waals surface area contributed by atoms with E-state index in [1.54, 1.807) is 6.07 Å². The number of anilines is 1. The van der Waals surface area contributed by atoms with E-state index in [1.165, 1.54) is 0 Å². The highest BCUT2D eigenvalue weighted by atomic mass is 16.5. The smallest absolute Gasteiger partial charge is 0.290 e. The Kier molecular flexibility index (Phi) is 4.79. The lowest BCUT2D eigenvalue weighted by Crippen LogP contribution is -2.47. The number of piperazine rings is 1. The molecule has 1 aromatic carbocycles. The Hall–Kier alpha value is -2.83. The van der Waals surface area contributed by atoms with Crippen LogP contribution in [0, 0.1) is 0 Å². The molecule has 3 rings (SSSR count). The van der Waals surface area contributed by atoms with Crippen molar-refractivity contribution in [1.82, 2.24) is 15.8 Å². The maximum Gasteiger partial charge on any atom is 0.290 e. The minimum absolute atomic E-state index is 0.0381. The Balaban J connectivity index is 1.56. The van der Waals surface area contributed by atoms with Gasteiger partial charge >= 0.3 is 0 Å². The second-order valence-corrected chi connectivity index (χ2v) is 5.66. The highest BCUT2D eigenvalue weighted by molar-refractivity contribution is 5.91. The predicted octanol–water partition coefficient (Wildman–Crippen LogP) is 1.10. The monoisotopic (exact) mass is 328 g/mol. The van der Waals surface area contributed by atoms with Crippen molar-refractivity contribution in [3.8, 4) is 0 Å². The van der Waals surface area contributed by atoms with Gasteiger partial charge in [-0.15, -0.1) is 0 Å². The number of hydrogen-bond donors (Lipinski definition) is 2. The molecule has 126 valence electrons. The molecular weight excluding hydrogens is 308 g/mol. The molecule has 2 aromatic rings. The van der Waals surface area contributed by atoms with Crippen molar-refractivity contribution in [1.29, 1.82) is 0 Å². The Morgan fingerprint density at radius 2 is 2.17 bits per heavy atom. The van der Waals surface area contributed by atoms with Crippen molar-refractivity contribution in [3.05, 3.63) is 47.3 Å². The molecule has 1 aromatic heterocycles. The van der Waals surface area contributed by atoms with Gasteiger partial charge in [-0.1, -0.05) is 24.2 Å². The molecule has 1 aliphatic rings. The van der Waals surface area contributed by atoms with Crippen molar-refractivity contribution >= 4 is 17.5 Å². The Morgan fingerprint density at radius 1 is 1.38 bits per heavy atom. The zero-order valence-corrected chi connectivity index (χ0v) is 13.5. The van der Waals surface area contributed by atoms with E-state index in [4.69, 9.17) is 4.52 Å². The second kappa shape index (κ2) is 7.16. The number of benzene rings is 1. The van der Waals surface area contributed by atoms with Crippen molar-refractivity contribution in [3.63, 3.8) is 0 Å². The molecule has 24 heavy (non-hydrogen) atoms. The van der Waals surface area contributed by atoms with Crippen molar-refractivity contribution in [2.24, 2.45) is 0 Å². The van der Waals surface area contributed by atoms with Gasteiger partial charge in [0.05, 0.1) is 12.2 Å². The molecule has 2 N–H and O–H groups in total. The molecule has 2 amide bonds. The van der Waals surface area contributed by atoms with Crippen molar-refractivity contribution in [2.75, 3.05) is 24.5 Å². The van der Waals surface area contributed by atoms with Crippen LogP contribution in [0.5, 0.6) is 0 Å². The number of amides is 2. The summed E-state index contributed by atoms with van der Waals surface area (Å²) in [5.74, 6) is -0.0159. The highest BCUT2D eigenvalue weighted by Crippen LogP contribution is 2.16. The summed E-state index contributed by atoms with van der Waals surface area (Å²) in [5.41, 5.74) is 2.74. The summed E-state index contributed by atoms with van der Waals surface area (Å²) in [6.07, 6.45) is 0.729. The maximum atomic E-state index is 12.0. The average molecular weight is 328 g/mol. The molecule has 0 unspecified atom stereocenters. The van der Waals surface area contributed by atoms with E-state index in [9.17, 15) is 9.59 Å². The van der Waals surface area contributed by atoms with E-state index in [0.717, 1.165) is 29.9 Å². The van der Waals surface area contributed by atoms with Gasteiger partial charge in [0, 0.05) is 31.4 Å². The standard InChI is InChI=1S/C17H20N4O3/c1-2-13-9-15(24-20-13)17(23)19-10-12-3-5-14(6-4-12)21-8-7-18-16(22)11-21/h3-6,9H,2,7-8,10-11H2,1H3,(H,18,22)(H,19,23). The normalized spacial score (nSPS) is 14.4. The van der Waals surface area contributed by atoms with E-state index in [2.05, 4.69) is 15.8 Å². The van der Waals surface area contributed by atoms with Gasteiger partial charge < -0.3 is 20.1 Å². The molecule has 0 radical (unpaired) electrons. The quantitative estimate of drug-likeness (QED) is 0.858. The molecule has 0 bridgehead atoms. The average Bonchev–Trinajstić information content (AvgIpc) is 3.09. The SMILES string of the molecule is CCc1cc(C(=O)NCc2ccc(N3CCNC(=O)C3)cc2)on1. The second-order valence-electron chi connectivity index (χ2n) is 5.66. The number of aryl methyl sites for hydroxylation is 1. The third-order valence-electron chi connectivity index (χ3n) is 3.94. The van der Waals surface area contributed by atoms with Gasteiger partial charge in [-0.25, -0.2) is 0 Å². The summed E-state index contributed by atoms with van der Waals surface area (Å²) < 4.78 is 5.01. The van der Waals surface area contributed by atoms with E-state index in [-0.39, 0.29) is 17.6 Å². The summed E-state index contributed by atoms with van der Waals surface area (Å²) >= 11 is 0. The Labute approximate surface area is 140 Å². The maximum absolute atomic E-state index is 12.0. The zero-order valence-electron chi connectivity index (χ0n) is 13.5. The van der Waals surface area contributed by atoms with Crippen LogP contribution in [0.3, 0.4) is 0 Å². The number of hydrogen-bond acceptors (Lipinski definition) is 5. The molecule has 2 heterocycles. The number of nitrogens with zero attached hydrogens (tertiary/aromatic N) is 2. The van der Waals surface area contributed by atoms with E-state index < -0.39 is 0 Å². The van der Waals surface area contributed by atoms with Crippen LogP contribution in [-0.2, 0) is 17.8 Å². The first-order valence-electron chi connectivity index (χ1n) is 8.00. The Bertz CT molecular complexity index is 724. The third-order valence-corrected chi connectivity index (χ3v) is 3.94. The lowest BCUT2D eigenvalue weighted by atomic mass is 10.1. The van der Waals surface area contributed by atoms with Crippen LogP contribution < -0.4 is 15.5 Å².